The topological polar surface area (TPSA) is 77.4 Å². The van der Waals surface area contributed by atoms with E-state index < -0.39 is 0 Å². The van der Waals surface area contributed by atoms with Crippen LogP contribution in [-0.4, -0.2) is 25.1 Å². The van der Waals surface area contributed by atoms with Crippen LogP contribution in [0.4, 0.5) is 5.82 Å². The Morgan fingerprint density at radius 2 is 1.90 bits per heavy atom. The van der Waals surface area contributed by atoms with Gasteiger partial charge in [0.1, 0.15) is 22.9 Å². The highest BCUT2D eigenvalue weighted by atomic mass is 16.4. The lowest BCUT2D eigenvalue weighted by Gasteiger charge is -2.07. The Bertz CT molecular complexity index is 1320. The average Bonchev–Trinajstić information content (AvgIpc) is 3.51. The van der Waals surface area contributed by atoms with Crippen molar-refractivity contribution in [2.45, 2.75) is 13.5 Å². The number of anilines is 1. The number of hydrogen-bond acceptors (Lipinski definition) is 4. The molecule has 0 radical (unpaired) electrons. The van der Waals surface area contributed by atoms with E-state index in [4.69, 9.17) is 9.40 Å². The largest absolute Gasteiger partial charge is 0.454 e. The minimum atomic E-state index is -0.331. The van der Waals surface area contributed by atoms with Gasteiger partial charge in [-0.25, -0.2) is 4.98 Å². The molecule has 0 bridgehead atoms. The van der Waals surface area contributed by atoms with Gasteiger partial charge in [-0.3, -0.25) is 13.9 Å². The van der Waals surface area contributed by atoms with Crippen LogP contribution >= 0.6 is 0 Å². The van der Waals surface area contributed by atoms with Gasteiger partial charge >= 0.3 is 0 Å². The second-order valence-corrected chi connectivity index (χ2v) is 6.98. The first-order valence-corrected chi connectivity index (χ1v) is 9.59. The highest BCUT2D eigenvalue weighted by Gasteiger charge is 2.20. The number of rotatable bonds is 5. The number of nitrogens with zero attached hydrogens (tertiary/aromatic N) is 4. The summed E-state index contributed by atoms with van der Waals surface area (Å²) in [6, 6.07) is 19.0. The summed E-state index contributed by atoms with van der Waals surface area (Å²) in [4.78, 5) is 17.8. The standard InChI is InChI=1S/C23H19N5O2/c1-16-7-5-14-28-21(16)25-20(17-8-3-2-4-9-17)22(28)26-23(29)19-11-10-18(30-19)15-27-13-6-12-24-27/h2-14H,15H2,1H3,(H,26,29). The van der Waals surface area contributed by atoms with Gasteiger partial charge in [-0.1, -0.05) is 36.4 Å². The Hall–Kier alpha value is -4.13. The van der Waals surface area contributed by atoms with E-state index in [2.05, 4.69) is 10.4 Å². The van der Waals surface area contributed by atoms with Crippen LogP contribution in [0.5, 0.6) is 0 Å². The lowest BCUT2D eigenvalue weighted by atomic mass is 10.1. The molecule has 0 unspecified atom stereocenters. The molecule has 0 saturated heterocycles. The molecule has 1 amide bonds. The van der Waals surface area contributed by atoms with Crippen molar-refractivity contribution in [2.24, 2.45) is 0 Å². The maximum absolute atomic E-state index is 13.0. The number of amides is 1. The predicted octanol–water partition coefficient (Wildman–Crippen LogP) is 4.40. The Morgan fingerprint density at radius 1 is 1.03 bits per heavy atom. The number of carbonyl (C=O) groups excluding carboxylic acids is 1. The molecule has 0 saturated carbocycles. The molecule has 0 aliphatic carbocycles. The number of aromatic nitrogens is 4. The number of aryl methyl sites for hydroxylation is 1. The molecule has 4 heterocycles. The summed E-state index contributed by atoms with van der Waals surface area (Å²) in [5, 5.41) is 7.15. The summed E-state index contributed by atoms with van der Waals surface area (Å²) in [7, 11) is 0. The van der Waals surface area contributed by atoms with Crippen molar-refractivity contribution in [2.75, 3.05) is 5.32 Å². The van der Waals surface area contributed by atoms with Gasteiger partial charge in [0, 0.05) is 24.2 Å². The van der Waals surface area contributed by atoms with Crippen LogP contribution in [0, 0.1) is 6.92 Å². The number of nitrogens with one attached hydrogen (secondary N) is 1. The molecule has 0 atom stereocenters. The summed E-state index contributed by atoms with van der Waals surface area (Å²) in [6.45, 7) is 2.46. The third-order valence-corrected chi connectivity index (χ3v) is 4.89. The average molecular weight is 397 g/mol. The zero-order valence-electron chi connectivity index (χ0n) is 16.3. The summed E-state index contributed by atoms with van der Waals surface area (Å²) in [5.74, 6) is 1.16. The number of carbonyl (C=O) groups is 1. The molecule has 4 aromatic heterocycles. The van der Waals surface area contributed by atoms with E-state index in [0.717, 1.165) is 16.8 Å². The van der Waals surface area contributed by atoms with Crippen LogP contribution in [0.1, 0.15) is 21.9 Å². The summed E-state index contributed by atoms with van der Waals surface area (Å²) < 4.78 is 9.38. The van der Waals surface area contributed by atoms with E-state index in [1.165, 1.54) is 0 Å². The Kier molecular flexibility index (Phi) is 4.40. The van der Waals surface area contributed by atoms with E-state index in [1.54, 1.807) is 23.0 Å². The fraction of sp³-hybridized carbons (Fsp3) is 0.0870. The van der Waals surface area contributed by atoms with E-state index >= 15 is 0 Å². The van der Waals surface area contributed by atoms with Crippen molar-refractivity contribution in [1.29, 1.82) is 0 Å². The molecule has 7 heteroatoms. The maximum Gasteiger partial charge on any atom is 0.292 e. The summed E-state index contributed by atoms with van der Waals surface area (Å²) in [5.41, 5.74) is 3.46. The van der Waals surface area contributed by atoms with Crippen molar-refractivity contribution < 1.29 is 9.21 Å². The van der Waals surface area contributed by atoms with Crippen molar-refractivity contribution in [3.63, 3.8) is 0 Å². The molecule has 1 N–H and O–H groups in total. The number of benzene rings is 1. The molecule has 1 aromatic carbocycles. The van der Waals surface area contributed by atoms with Crippen LogP contribution in [0.25, 0.3) is 16.9 Å². The Labute approximate surface area is 172 Å². The van der Waals surface area contributed by atoms with Crippen molar-refractivity contribution in [1.82, 2.24) is 19.2 Å². The SMILES string of the molecule is Cc1cccn2c(NC(=O)c3ccc(Cn4cccn4)o3)c(-c3ccccc3)nc12. The van der Waals surface area contributed by atoms with Gasteiger partial charge in [0.05, 0.1) is 6.54 Å². The molecule has 30 heavy (non-hydrogen) atoms. The van der Waals surface area contributed by atoms with Crippen molar-refractivity contribution in [3.05, 3.63) is 96.3 Å². The molecule has 0 spiro atoms. The van der Waals surface area contributed by atoms with Gasteiger partial charge in [0.15, 0.2) is 5.76 Å². The lowest BCUT2D eigenvalue weighted by Crippen LogP contribution is -2.13. The van der Waals surface area contributed by atoms with Crippen LogP contribution < -0.4 is 5.32 Å². The quantitative estimate of drug-likeness (QED) is 0.477. The molecular weight excluding hydrogens is 378 g/mol. The number of imidazole rings is 1. The lowest BCUT2D eigenvalue weighted by molar-refractivity contribution is 0.0994. The smallest absolute Gasteiger partial charge is 0.292 e. The normalized spacial score (nSPS) is 11.1. The Morgan fingerprint density at radius 3 is 2.70 bits per heavy atom. The first-order valence-electron chi connectivity index (χ1n) is 9.59. The first-order chi connectivity index (χ1) is 14.7. The number of fused-ring (bicyclic) bond motifs is 1. The monoisotopic (exact) mass is 397 g/mol. The van der Waals surface area contributed by atoms with Gasteiger partial charge in [-0.2, -0.15) is 5.10 Å². The third-order valence-electron chi connectivity index (χ3n) is 4.89. The van der Waals surface area contributed by atoms with Gasteiger partial charge in [-0.15, -0.1) is 0 Å². The van der Waals surface area contributed by atoms with Crippen LogP contribution in [0.2, 0.25) is 0 Å². The maximum atomic E-state index is 13.0. The fourth-order valence-electron chi connectivity index (χ4n) is 3.43. The number of furan rings is 1. The second kappa shape index (κ2) is 7.36. The van der Waals surface area contributed by atoms with Crippen molar-refractivity contribution >= 4 is 17.4 Å². The number of pyridine rings is 1. The van der Waals surface area contributed by atoms with E-state index in [-0.39, 0.29) is 11.7 Å². The first kappa shape index (κ1) is 17.9. The van der Waals surface area contributed by atoms with Gasteiger partial charge in [0.2, 0.25) is 0 Å². The molecule has 148 valence electrons. The molecule has 5 aromatic rings. The molecule has 5 rings (SSSR count). The molecule has 0 aliphatic heterocycles. The van der Waals surface area contributed by atoms with Gasteiger partial charge < -0.3 is 9.73 Å². The Balaban J connectivity index is 1.50. The summed E-state index contributed by atoms with van der Waals surface area (Å²) in [6.07, 6.45) is 5.44. The minimum Gasteiger partial charge on any atom is -0.454 e. The fourth-order valence-corrected chi connectivity index (χ4v) is 3.43. The highest BCUT2D eigenvalue weighted by molar-refractivity contribution is 6.04. The minimum absolute atomic E-state index is 0.235. The van der Waals surface area contributed by atoms with Crippen LogP contribution in [-0.2, 0) is 6.54 Å². The van der Waals surface area contributed by atoms with Gasteiger partial charge in [-0.05, 0) is 36.8 Å². The second-order valence-electron chi connectivity index (χ2n) is 6.98. The zero-order chi connectivity index (χ0) is 20.5. The van der Waals surface area contributed by atoms with E-state index in [9.17, 15) is 4.79 Å². The molecular formula is C23H19N5O2. The molecule has 7 nitrogen and oxygen atoms in total. The van der Waals surface area contributed by atoms with E-state index in [1.807, 2.05) is 72.2 Å². The highest BCUT2D eigenvalue weighted by Crippen LogP contribution is 2.30. The number of hydrogen-bond donors (Lipinski definition) is 1. The van der Waals surface area contributed by atoms with Crippen LogP contribution in [0.15, 0.2) is 83.7 Å². The zero-order valence-corrected chi connectivity index (χ0v) is 16.3. The van der Waals surface area contributed by atoms with Crippen LogP contribution in [0.3, 0.4) is 0 Å². The van der Waals surface area contributed by atoms with Gasteiger partial charge in [0.25, 0.3) is 5.91 Å². The molecule has 0 aliphatic rings. The predicted molar refractivity (Wildman–Crippen MR) is 113 cm³/mol. The van der Waals surface area contributed by atoms with Crippen molar-refractivity contribution in [3.8, 4) is 11.3 Å². The molecule has 0 fully saturated rings. The third kappa shape index (κ3) is 3.26. The van der Waals surface area contributed by atoms with E-state index in [0.29, 0.717) is 23.8 Å². The summed E-state index contributed by atoms with van der Waals surface area (Å²) >= 11 is 0.